The molecule has 0 aliphatic carbocycles. The summed E-state index contributed by atoms with van der Waals surface area (Å²) in [6.45, 7) is 1.95. The minimum absolute atomic E-state index is 0.0677. The van der Waals surface area contributed by atoms with Crippen LogP contribution < -0.4 is 0 Å². The molecule has 1 unspecified atom stereocenters. The van der Waals surface area contributed by atoms with E-state index in [1.54, 1.807) is 0 Å². The van der Waals surface area contributed by atoms with Crippen molar-refractivity contribution in [3.63, 3.8) is 0 Å². The Bertz CT molecular complexity index is 231. The van der Waals surface area contributed by atoms with Crippen molar-refractivity contribution in [2.75, 3.05) is 0 Å². The molecule has 0 spiro atoms. The molecule has 1 atom stereocenters. The quantitative estimate of drug-likeness (QED) is 0.622. The second-order valence-electron chi connectivity index (χ2n) is 2.49. The van der Waals surface area contributed by atoms with Gasteiger partial charge in [-0.2, -0.15) is 0 Å². The van der Waals surface area contributed by atoms with Gasteiger partial charge in [0.25, 0.3) is 0 Å². The minimum Gasteiger partial charge on any atom is -0.122 e. The molecular formula is C9H10Cl2. The van der Waals surface area contributed by atoms with Crippen LogP contribution in [0.25, 0.3) is 0 Å². The Kier molecular flexibility index (Phi) is 3.22. The van der Waals surface area contributed by atoms with Crippen molar-refractivity contribution >= 4 is 23.2 Å². The van der Waals surface area contributed by atoms with E-state index in [1.807, 2.05) is 31.2 Å². The molecule has 2 heteroatoms. The molecule has 0 saturated carbocycles. The van der Waals surface area contributed by atoms with Gasteiger partial charge in [0.1, 0.15) is 0 Å². The number of benzene rings is 1. The molecule has 0 bridgehead atoms. The maximum Gasteiger partial charge on any atom is 0.0557 e. The van der Waals surface area contributed by atoms with Crippen molar-refractivity contribution in [1.29, 1.82) is 0 Å². The Morgan fingerprint density at radius 1 is 1.45 bits per heavy atom. The third-order valence-corrected chi connectivity index (χ3v) is 2.13. The van der Waals surface area contributed by atoms with E-state index >= 15 is 0 Å². The Hall–Kier alpha value is -0.200. The van der Waals surface area contributed by atoms with Crippen LogP contribution in [-0.2, 0) is 5.88 Å². The monoisotopic (exact) mass is 188 g/mol. The molecule has 0 nitrogen and oxygen atoms in total. The summed E-state index contributed by atoms with van der Waals surface area (Å²) in [5.41, 5.74) is 2.25. The fourth-order valence-electron chi connectivity index (χ4n) is 0.924. The maximum absolute atomic E-state index is 5.89. The zero-order valence-corrected chi connectivity index (χ0v) is 7.86. The van der Waals surface area contributed by atoms with E-state index in [1.165, 1.54) is 0 Å². The summed E-state index contributed by atoms with van der Waals surface area (Å²) in [5, 5.41) is 0.0677. The summed E-state index contributed by atoms with van der Waals surface area (Å²) >= 11 is 11.5. The van der Waals surface area contributed by atoms with Gasteiger partial charge in [-0.05, 0) is 18.1 Å². The van der Waals surface area contributed by atoms with Crippen molar-refractivity contribution < 1.29 is 0 Å². The van der Waals surface area contributed by atoms with Crippen LogP contribution in [0.1, 0.15) is 23.4 Å². The van der Waals surface area contributed by atoms with E-state index in [0.29, 0.717) is 5.88 Å². The van der Waals surface area contributed by atoms with Gasteiger partial charge in [-0.3, -0.25) is 0 Å². The predicted molar refractivity (Wildman–Crippen MR) is 50.3 cm³/mol. The number of alkyl halides is 2. The van der Waals surface area contributed by atoms with Crippen LogP contribution in [-0.4, -0.2) is 0 Å². The summed E-state index contributed by atoms with van der Waals surface area (Å²) in [4.78, 5) is 0. The lowest BCUT2D eigenvalue weighted by atomic mass is 10.1. The highest BCUT2D eigenvalue weighted by Crippen LogP contribution is 2.20. The predicted octanol–water partition coefficient (Wildman–Crippen LogP) is 3.73. The van der Waals surface area contributed by atoms with Gasteiger partial charge >= 0.3 is 0 Å². The molecule has 0 aliphatic heterocycles. The van der Waals surface area contributed by atoms with Gasteiger partial charge in [0.15, 0.2) is 0 Å². The molecule has 60 valence electrons. The zero-order chi connectivity index (χ0) is 8.27. The summed E-state index contributed by atoms with van der Waals surface area (Å²) in [5.74, 6) is 0.553. The molecule has 0 fully saturated rings. The Balaban J connectivity index is 2.91. The first kappa shape index (κ1) is 8.89. The molecule has 1 aromatic carbocycles. The van der Waals surface area contributed by atoms with Crippen molar-refractivity contribution in [3.8, 4) is 0 Å². The van der Waals surface area contributed by atoms with Gasteiger partial charge in [-0.1, -0.05) is 24.3 Å². The molecule has 0 amide bonds. The average Bonchev–Trinajstić information content (AvgIpc) is 2.05. The van der Waals surface area contributed by atoms with E-state index in [0.717, 1.165) is 11.1 Å². The van der Waals surface area contributed by atoms with Crippen molar-refractivity contribution in [1.82, 2.24) is 0 Å². The van der Waals surface area contributed by atoms with E-state index in [2.05, 4.69) is 0 Å². The van der Waals surface area contributed by atoms with E-state index < -0.39 is 0 Å². The van der Waals surface area contributed by atoms with Crippen LogP contribution in [0.2, 0.25) is 0 Å². The van der Waals surface area contributed by atoms with Crippen LogP contribution in [0.4, 0.5) is 0 Å². The smallest absolute Gasteiger partial charge is 0.0557 e. The van der Waals surface area contributed by atoms with Crippen LogP contribution in [0.3, 0.4) is 0 Å². The molecule has 1 rings (SSSR count). The van der Waals surface area contributed by atoms with Crippen molar-refractivity contribution in [2.24, 2.45) is 0 Å². The lowest BCUT2D eigenvalue weighted by Gasteiger charge is -2.03. The molecule has 0 saturated heterocycles. The summed E-state index contributed by atoms with van der Waals surface area (Å²) < 4.78 is 0. The van der Waals surface area contributed by atoms with Gasteiger partial charge < -0.3 is 0 Å². The highest BCUT2D eigenvalue weighted by molar-refractivity contribution is 6.20. The Labute approximate surface area is 77.1 Å². The van der Waals surface area contributed by atoms with Crippen LogP contribution >= 0.6 is 23.2 Å². The lowest BCUT2D eigenvalue weighted by molar-refractivity contribution is 1.08. The molecule has 0 aromatic heterocycles. The summed E-state index contributed by atoms with van der Waals surface area (Å²) in [7, 11) is 0. The standard InChI is InChI=1S/C9H10Cl2/c1-7(11)9-4-2-3-8(5-9)6-10/h2-5,7H,6H2,1H3. The average molecular weight is 189 g/mol. The first-order valence-corrected chi connectivity index (χ1v) is 4.50. The first-order chi connectivity index (χ1) is 5.24. The van der Waals surface area contributed by atoms with Crippen LogP contribution in [0.5, 0.6) is 0 Å². The number of rotatable bonds is 2. The highest BCUT2D eigenvalue weighted by atomic mass is 35.5. The summed E-state index contributed by atoms with van der Waals surface area (Å²) in [6.07, 6.45) is 0. The molecule has 11 heavy (non-hydrogen) atoms. The fourth-order valence-corrected chi connectivity index (χ4v) is 1.23. The summed E-state index contributed by atoms with van der Waals surface area (Å²) in [6, 6.07) is 8.01. The largest absolute Gasteiger partial charge is 0.122 e. The lowest BCUT2D eigenvalue weighted by Crippen LogP contribution is -1.85. The normalized spacial score (nSPS) is 13.0. The second kappa shape index (κ2) is 3.99. The van der Waals surface area contributed by atoms with Gasteiger partial charge in [-0.25, -0.2) is 0 Å². The molecule has 0 N–H and O–H groups in total. The van der Waals surface area contributed by atoms with Gasteiger partial charge in [0, 0.05) is 5.88 Å². The van der Waals surface area contributed by atoms with Crippen LogP contribution in [0.15, 0.2) is 24.3 Å². The third kappa shape index (κ3) is 2.39. The van der Waals surface area contributed by atoms with Gasteiger partial charge in [0.2, 0.25) is 0 Å². The SMILES string of the molecule is CC(Cl)c1cccc(CCl)c1. The number of halogens is 2. The molecule has 1 aromatic rings. The maximum atomic E-state index is 5.89. The molecular weight excluding hydrogens is 179 g/mol. The zero-order valence-electron chi connectivity index (χ0n) is 6.35. The van der Waals surface area contributed by atoms with E-state index in [-0.39, 0.29) is 5.38 Å². The van der Waals surface area contributed by atoms with E-state index in [9.17, 15) is 0 Å². The second-order valence-corrected chi connectivity index (χ2v) is 3.42. The highest BCUT2D eigenvalue weighted by Gasteiger charge is 2.00. The van der Waals surface area contributed by atoms with Crippen LogP contribution in [0, 0.1) is 0 Å². The first-order valence-electron chi connectivity index (χ1n) is 3.53. The van der Waals surface area contributed by atoms with Crippen molar-refractivity contribution in [2.45, 2.75) is 18.2 Å². The Morgan fingerprint density at radius 2 is 2.18 bits per heavy atom. The molecule has 0 heterocycles. The fraction of sp³-hybridized carbons (Fsp3) is 0.333. The van der Waals surface area contributed by atoms with Gasteiger partial charge in [0.05, 0.1) is 5.38 Å². The molecule has 0 radical (unpaired) electrons. The topological polar surface area (TPSA) is 0 Å². The minimum atomic E-state index is 0.0677. The number of hydrogen-bond donors (Lipinski definition) is 0. The Morgan fingerprint density at radius 3 is 2.73 bits per heavy atom. The van der Waals surface area contributed by atoms with Crippen molar-refractivity contribution in [3.05, 3.63) is 35.4 Å². The molecule has 0 aliphatic rings. The van der Waals surface area contributed by atoms with Gasteiger partial charge in [-0.15, -0.1) is 23.2 Å². The van der Waals surface area contributed by atoms with E-state index in [4.69, 9.17) is 23.2 Å². The third-order valence-electron chi connectivity index (χ3n) is 1.56. The number of hydrogen-bond acceptors (Lipinski definition) is 0.